The van der Waals surface area contributed by atoms with E-state index in [2.05, 4.69) is 44.5 Å². The molecule has 0 spiro atoms. The summed E-state index contributed by atoms with van der Waals surface area (Å²) in [6.45, 7) is 4.51. The van der Waals surface area contributed by atoms with Crippen LogP contribution in [0, 0.1) is 6.42 Å². The van der Waals surface area contributed by atoms with Crippen LogP contribution in [0.5, 0.6) is 0 Å². The van der Waals surface area contributed by atoms with Crippen LogP contribution in [0.1, 0.15) is 63.5 Å². The van der Waals surface area contributed by atoms with E-state index in [1.165, 1.54) is 56.1 Å². The highest BCUT2D eigenvalue weighted by molar-refractivity contribution is 5.32. The lowest BCUT2D eigenvalue weighted by Crippen LogP contribution is -1.93. The quantitative estimate of drug-likeness (QED) is 0.527. The maximum absolute atomic E-state index is 2.41. The second-order valence-electron chi connectivity index (χ2n) is 4.50. The Labute approximate surface area is 101 Å². The van der Waals surface area contributed by atoms with Gasteiger partial charge in [-0.15, -0.1) is 0 Å². The fraction of sp³-hybridized carbons (Fsp3) is 0.562. The standard InChI is InChI=1S/C16H25/c1-3-5-7-11-15-13-9-10-14-16(15)12-8-6-4-2/h9-11,13-14H,3-8,12H2,1-2H3. The predicted molar refractivity (Wildman–Crippen MR) is 72.6 cm³/mol. The molecule has 0 amide bonds. The molecule has 1 radical (unpaired) electrons. The average molecular weight is 217 g/mol. The minimum Gasteiger partial charge on any atom is -0.0654 e. The van der Waals surface area contributed by atoms with Crippen molar-refractivity contribution in [3.05, 3.63) is 41.8 Å². The van der Waals surface area contributed by atoms with Gasteiger partial charge in [0.25, 0.3) is 0 Å². The van der Waals surface area contributed by atoms with Gasteiger partial charge >= 0.3 is 0 Å². The summed E-state index contributed by atoms with van der Waals surface area (Å²) < 4.78 is 0. The third-order valence-electron chi connectivity index (χ3n) is 3.03. The molecule has 0 saturated carbocycles. The zero-order valence-corrected chi connectivity index (χ0v) is 10.8. The number of hydrogen-bond donors (Lipinski definition) is 0. The van der Waals surface area contributed by atoms with E-state index in [4.69, 9.17) is 0 Å². The molecule has 0 atom stereocenters. The van der Waals surface area contributed by atoms with Crippen molar-refractivity contribution in [2.45, 2.75) is 58.8 Å². The van der Waals surface area contributed by atoms with Gasteiger partial charge in [0.1, 0.15) is 0 Å². The van der Waals surface area contributed by atoms with Gasteiger partial charge in [-0.3, -0.25) is 0 Å². The van der Waals surface area contributed by atoms with Crippen LogP contribution in [0.3, 0.4) is 0 Å². The Morgan fingerprint density at radius 1 is 0.938 bits per heavy atom. The molecule has 0 aromatic heterocycles. The summed E-state index contributed by atoms with van der Waals surface area (Å²) in [6.07, 6.45) is 11.5. The van der Waals surface area contributed by atoms with Crippen LogP contribution < -0.4 is 0 Å². The summed E-state index contributed by atoms with van der Waals surface area (Å²) in [7, 11) is 0. The van der Waals surface area contributed by atoms with Gasteiger partial charge in [-0.25, -0.2) is 0 Å². The molecule has 0 aliphatic carbocycles. The van der Waals surface area contributed by atoms with E-state index in [-0.39, 0.29) is 0 Å². The Morgan fingerprint density at radius 3 is 2.44 bits per heavy atom. The molecule has 0 heteroatoms. The minimum absolute atomic E-state index is 1.22. The normalized spacial score (nSPS) is 10.6. The minimum atomic E-state index is 1.22. The van der Waals surface area contributed by atoms with Crippen molar-refractivity contribution in [2.24, 2.45) is 0 Å². The molecule has 1 rings (SSSR count). The number of rotatable bonds is 8. The molecule has 16 heavy (non-hydrogen) atoms. The van der Waals surface area contributed by atoms with Crippen LogP contribution in [-0.4, -0.2) is 0 Å². The molecule has 0 N–H and O–H groups in total. The lowest BCUT2D eigenvalue weighted by molar-refractivity contribution is 0.714. The maximum Gasteiger partial charge on any atom is -0.00903 e. The molecule has 0 fully saturated rings. The smallest absolute Gasteiger partial charge is 0.00903 e. The highest BCUT2D eigenvalue weighted by Crippen LogP contribution is 2.17. The van der Waals surface area contributed by atoms with Gasteiger partial charge in [0, 0.05) is 0 Å². The number of aryl methyl sites for hydroxylation is 1. The molecule has 0 heterocycles. The van der Waals surface area contributed by atoms with Crippen molar-refractivity contribution in [3.8, 4) is 0 Å². The average Bonchev–Trinajstić information content (AvgIpc) is 2.32. The van der Waals surface area contributed by atoms with Crippen molar-refractivity contribution in [1.29, 1.82) is 0 Å². The van der Waals surface area contributed by atoms with Crippen LogP contribution in [0.25, 0.3) is 0 Å². The SMILES string of the molecule is CCCC[CH]c1ccccc1CCCCC. The van der Waals surface area contributed by atoms with Crippen LogP contribution in [0.15, 0.2) is 24.3 Å². The zero-order valence-electron chi connectivity index (χ0n) is 10.8. The third kappa shape index (κ3) is 4.83. The Kier molecular flexibility index (Phi) is 6.96. The topological polar surface area (TPSA) is 0 Å². The molecule has 0 aliphatic rings. The number of benzene rings is 1. The van der Waals surface area contributed by atoms with Crippen molar-refractivity contribution in [3.63, 3.8) is 0 Å². The third-order valence-corrected chi connectivity index (χ3v) is 3.03. The lowest BCUT2D eigenvalue weighted by Gasteiger charge is -2.08. The molecular weight excluding hydrogens is 192 g/mol. The van der Waals surface area contributed by atoms with E-state index in [1.807, 2.05) is 0 Å². The fourth-order valence-corrected chi connectivity index (χ4v) is 1.99. The molecule has 0 aliphatic heterocycles. The van der Waals surface area contributed by atoms with Crippen molar-refractivity contribution in [1.82, 2.24) is 0 Å². The molecule has 1 aromatic rings. The highest BCUT2D eigenvalue weighted by atomic mass is 14.1. The molecule has 89 valence electrons. The van der Waals surface area contributed by atoms with E-state index in [9.17, 15) is 0 Å². The summed E-state index contributed by atoms with van der Waals surface area (Å²) in [6, 6.07) is 8.86. The molecule has 0 unspecified atom stereocenters. The van der Waals surface area contributed by atoms with E-state index >= 15 is 0 Å². The van der Waals surface area contributed by atoms with Gasteiger partial charge in [0.2, 0.25) is 0 Å². The van der Waals surface area contributed by atoms with Gasteiger partial charge in [-0.1, -0.05) is 63.8 Å². The van der Waals surface area contributed by atoms with E-state index in [1.54, 1.807) is 0 Å². The van der Waals surface area contributed by atoms with Crippen LogP contribution in [0.2, 0.25) is 0 Å². The zero-order chi connectivity index (χ0) is 11.6. The Balaban J connectivity index is 2.46. The molecule has 1 aromatic carbocycles. The first-order valence-electron chi connectivity index (χ1n) is 6.79. The van der Waals surface area contributed by atoms with E-state index < -0.39 is 0 Å². The second-order valence-corrected chi connectivity index (χ2v) is 4.50. The fourth-order valence-electron chi connectivity index (χ4n) is 1.99. The molecular formula is C16H25. The van der Waals surface area contributed by atoms with Crippen molar-refractivity contribution >= 4 is 0 Å². The van der Waals surface area contributed by atoms with Gasteiger partial charge < -0.3 is 0 Å². The summed E-state index contributed by atoms with van der Waals surface area (Å²) in [5, 5.41) is 0. The first-order valence-corrected chi connectivity index (χ1v) is 6.79. The highest BCUT2D eigenvalue weighted by Gasteiger charge is 2.01. The monoisotopic (exact) mass is 217 g/mol. The summed E-state index contributed by atoms with van der Waals surface area (Å²) >= 11 is 0. The predicted octanol–water partition coefficient (Wildman–Crippen LogP) is 5.16. The van der Waals surface area contributed by atoms with Gasteiger partial charge in [0.05, 0.1) is 0 Å². The van der Waals surface area contributed by atoms with Crippen LogP contribution in [-0.2, 0) is 6.42 Å². The van der Waals surface area contributed by atoms with Gasteiger partial charge in [-0.2, -0.15) is 0 Å². The van der Waals surface area contributed by atoms with Crippen LogP contribution >= 0.6 is 0 Å². The molecule has 0 bridgehead atoms. The maximum atomic E-state index is 2.41. The summed E-state index contributed by atoms with van der Waals surface area (Å²) in [4.78, 5) is 0. The molecule has 0 nitrogen and oxygen atoms in total. The second kappa shape index (κ2) is 8.38. The Hall–Kier alpha value is -0.780. The van der Waals surface area contributed by atoms with Crippen molar-refractivity contribution < 1.29 is 0 Å². The van der Waals surface area contributed by atoms with Gasteiger partial charge in [0.15, 0.2) is 0 Å². The number of hydrogen-bond acceptors (Lipinski definition) is 0. The van der Waals surface area contributed by atoms with Crippen molar-refractivity contribution in [2.75, 3.05) is 0 Å². The largest absolute Gasteiger partial charge is 0.0654 e. The van der Waals surface area contributed by atoms with E-state index in [0.29, 0.717) is 0 Å². The summed E-state index contributed by atoms with van der Waals surface area (Å²) in [5.74, 6) is 0. The molecule has 0 saturated heterocycles. The number of unbranched alkanes of at least 4 members (excludes halogenated alkanes) is 4. The first-order chi connectivity index (χ1) is 7.88. The Bertz CT molecular complexity index is 246. The first kappa shape index (κ1) is 13.3. The Morgan fingerprint density at radius 2 is 1.69 bits per heavy atom. The van der Waals surface area contributed by atoms with Crippen LogP contribution in [0.4, 0.5) is 0 Å². The lowest BCUT2D eigenvalue weighted by atomic mass is 9.97. The van der Waals surface area contributed by atoms with Gasteiger partial charge in [-0.05, 0) is 36.8 Å². The summed E-state index contributed by atoms with van der Waals surface area (Å²) in [5.41, 5.74) is 3.00. The van der Waals surface area contributed by atoms with E-state index in [0.717, 1.165) is 0 Å².